The Morgan fingerprint density at radius 1 is 1.53 bits per heavy atom. The van der Waals surface area contributed by atoms with Crippen molar-refractivity contribution in [1.82, 2.24) is 20.3 Å². The van der Waals surface area contributed by atoms with Gasteiger partial charge in [0.25, 0.3) is 5.91 Å². The highest BCUT2D eigenvalue weighted by Crippen LogP contribution is 2.04. The molecule has 0 aliphatic rings. The summed E-state index contributed by atoms with van der Waals surface area (Å²) >= 11 is 0. The van der Waals surface area contributed by atoms with Crippen molar-refractivity contribution >= 4 is 18.3 Å². The number of aryl methyl sites for hydroxylation is 1. The Hall–Kier alpha value is -1.14. The minimum absolute atomic E-state index is 0. The molecule has 0 spiro atoms. The molecule has 1 aromatic heterocycles. The van der Waals surface area contributed by atoms with Crippen LogP contribution in [0.2, 0.25) is 0 Å². The molecular formula is C12H24ClN5O. The van der Waals surface area contributed by atoms with Crippen molar-refractivity contribution in [2.24, 2.45) is 11.7 Å². The third kappa shape index (κ3) is 6.02. The Kier molecular flexibility index (Phi) is 7.00. The van der Waals surface area contributed by atoms with E-state index < -0.39 is 5.54 Å². The number of halogens is 1. The monoisotopic (exact) mass is 289 g/mol. The van der Waals surface area contributed by atoms with E-state index in [2.05, 4.69) is 29.5 Å². The van der Waals surface area contributed by atoms with Crippen LogP contribution < -0.4 is 11.1 Å². The first-order valence-corrected chi connectivity index (χ1v) is 6.27. The number of hydrogen-bond acceptors (Lipinski definition) is 4. The molecule has 0 aliphatic heterocycles. The average molecular weight is 290 g/mol. The topological polar surface area (TPSA) is 85.8 Å². The van der Waals surface area contributed by atoms with Crippen LogP contribution in [0.25, 0.3) is 0 Å². The zero-order valence-corrected chi connectivity index (χ0v) is 12.8. The summed E-state index contributed by atoms with van der Waals surface area (Å²) in [6, 6.07) is 0. The van der Waals surface area contributed by atoms with Crippen LogP contribution in [0.4, 0.5) is 0 Å². The van der Waals surface area contributed by atoms with Crippen molar-refractivity contribution in [3.8, 4) is 0 Å². The van der Waals surface area contributed by atoms with E-state index in [0.29, 0.717) is 18.2 Å². The van der Waals surface area contributed by atoms with Gasteiger partial charge in [0.2, 0.25) is 0 Å². The molecule has 1 rings (SSSR count). The Bertz CT molecular complexity index is 403. The molecule has 0 fully saturated rings. The van der Waals surface area contributed by atoms with E-state index in [1.165, 1.54) is 0 Å². The molecule has 1 heterocycles. The van der Waals surface area contributed by atoms with E-state index in [1.54, 1.807) is 10.9 Å². The van der Waals surface area contributed by atoms with Gasteiger partial charge in [-0.2, -0.15) is 0 Å². The van der Waals surface area contributed by atoms with Crippen LogP contribution in [0, 0.1) is 5.92 Å². The predicted molar refractivity (Wildman–Crippen MR) is 77.3 cm³/mol. The molecule has 1 aromatic rings. The second kappa shape index (κ2) is 7.45. The van der Waals surface area contributed by atoms with Gasteiger partial charge >= 0.3 is 0 Å². The quantitative estimate of drug-likeness (QED) is 0.824. The SMILES string of the molecule is CC(C)CCn1cc(C(=O)NC(C)(C)CN)nn1.Cl. The van der Waals surface area contributed by atoms with Crippen molar-refractivity contribution in [1.29, 1.82) is 0 Å². The summed E-state index contributed by atoms with van der Waals surface area (Å²) in [6.07, 6.45) is 2.68. The summed E-state index contributed by atoms with van der Waals surface area (Å²) in [5, 5.41) is 10.6. The third-order valence-corrected chi connectivity index (χ3v) is 2.67. The summed E-state index contributed by atoms with van der Waals surface area (Å²) in [4.78, 5) is 11.9. The fourth-order valence-electron chi connectivity index (χ4n) is 1.32. The minimum atomic E-state index is -0.432. The summed E-state index contributed by atoms with van der Waals surface area (Å²) in [5.74, 6) is 0.365. The van der Waals surface area contributed by atoms with Gasteiger partial charge in [0.05, 0.1) is 6.20 Å². The van der Waals surface area contributed by atoms with Crippen molar-refractivity contribution in [3.63, 3.8) is 0 Å². The number of hydrogen-bond donors (Lipinski definition) is 2. The molecule has 0 bridgehead atoms. The smallest absolute Gasteiger partial charge is 0.273 e. The lowest BCUT2D eigenvalue weighted by Crippen LogP contribution is -2.48. The highest BCUT2D eigenvalue weighted by atomic mass is 35.5. The Labute approximate surface area is 120 Å². The highest BCUT2D eigenvalue weighted by molar-refractivity contribution is 5.92. The van der Waals surface area contributed by atoms with Gasteiger partial charge in [0.1, 0.15) is 0 Å². The molecule has 7 heteroatoms. The summed E-state index contributed by atoms with van der Waals surface area (Å²) in [7, 11) is 0. The van der Waals surface area contributed by atoms with Gasteiger partial charge in [0.15, 0.2) is 5.69 Å². The van der Waals surface area contributed by atoms with Gasteiger partial charge < -0.3 is 11.1 Å². The molecule has 0 atom stereocenters. The van der Waals surface area contributed by atoms with Gasteiger partial charge in [-0.05, 0) is 26.2 Å². The van der Waals surface area contributed by atoms with E-state index >= 15 is 0 Å². The van der Waals surface area contributed by atoms with Gasteiger partial charge in [-0.25, -0.2) is 0 Å². The first-order valence-electron chi connectivity index (χ1n) is 6.27. The van der Waals surface area contributed by atoms with Crippen molar-refractivity contribution in [3.05, 3.63) is 11.9 Å². The molecule has 3 N–H and O–H groups in total. The zero-order valence-electron chi connectivity index (χ0n) is 12.0. The van der Waals surface area contributed by atoms with Crippen LogP contribution >= 0.6 is 12.4 Å². The van der Waals surface area contributed by atoms with E-state index in [4.69, 9.17) is 5.73 Å². The second-order valence-electron chi connectivity index (χ2n) is 5.59. The number of amides is 1. The predicted octanol–water partition coefficient (Wildman–Crippen LogP) is 1.21. The standard InChI is InChI=1S/C12H23N5O.ClH/c1-9(2)5-6-17-7-10(15-16-17)11(18)14-12(3,4)8-13;/h7,9H,5-6,8,13H2,1-4H3,(H,14,18);1H. The Balaban J connectivity index is 0.00000324. The summed E-state index contributed by atoms with van der Waals surface area (Å²) in [5.41, 5.74) is 5.46. The van der Waals surface area contributed by atoms with E-state index in [-0.39, 0.29) is 18.3 Å². The average Bonchev–Trinajstić information content (AvgIpc) is 2.74. The van der Waals surface area contributed by atoms with Gasteiger partial charge in [0, 0.05) is 18.6 Å². The molecule has 0 aliphatic carbocycles. The molecule has 110 valence electrons. The second-order valence-corrected chi connectivity index (χ2v) is 5.59. The fraction of sp³-hybridized carbons (Fsp3) is 0.750. The first-order chi connectivity index (χ1) is 8.34. The van der Waals surface area contributed by atoms with Crippen molar-refractivity contribution in [2.45, 2.75) is 46.2 Å². The molecule has 6 nitrogen and oxygen atoms in total. The summed E-state index contributed by atoms with van der Waals surface area (Å²) < 4.78 is 1.70. The van der Waals surface area contributed by atoms with Crippen LogP contribution in [0.5, 0.6) is 0 Å². The maximum atomic E-state index is 11.9. The molecule has 0 aromatic carbocycles. The van der Waals surface area contributed by atoms with Crippen molar-refractivity contribution < 1.29 is 4.79 Å². The number of nitrogens with one attached hydrogen (secondary N) is 1. The fourth-order valence-corrected chi connectivity index (χ4v) is 1.32. The Morgan fingerprint density at radius 3 is 2.68 bits per heavy atom. The number of carbonyl (C=O) groups is 1. The number of carbonyl (C=O) groups excluding carboxylic acids is 1. The van der Waals surface area contributed by atoms with Gasteiger partial charge in [-0.1, -0.05) is 19.1 Å². The zero-order chi connectivity index (χ0) is 13.8. The lowest BCUT2D eigenvalue weighted by atomic mass is 10.1. The number of nitrogens with zero attached hydrogens (tertiary/aromatic N) is 3. The lowest BCUT2D eigenvalue weighted by molar-refractivity contribution is 0.0910. The highest BCUT2D eigenvalue weighted by Gasteiger charge is 2.21. The van der Waals surface area contributed by atoms with E-state index in [9.17, 15) is 4.79 Å². The van der Waals surface area contributed by atoms with Crippen molar-refractivity contribution in [2.75, 3.05) is 6.54 Å². The maximum absolute atomic E-state index is 11.9. The van der Waals surface area contributed by atoms with Crippen LogP contribution in [0.1, 0.15) is 44.6 Å². The minimum Gasteiger partial charge on any atom is -0.344 e. The normalized spacial score (nSPS) is 11.3. The third-order valence-electron chi connectivity index (χ3n) is 2.67. The molecule has 0 radical (unpaired) electrons. The van der Waals surface area contributed by atoms with Crippen LogP contribution in [-0.2, 0) is 6.54 Å². The molecule has 0 saturated heterocycles. The largest absolute Gasteiger partial charge is 0.344 e. The first kappa shape index (κ1) is 17.9. The summed E-state index contributed by atoms with van der Waals surface area (Å²) in [6.45, 7) is 9.18. The van der Waals surface area contributed by atoms with Crippen LogP contribution in [-0.4, -0.2) is 33.0 Å². The van der Waals surface area contributed by atoms with E-state index in [0.717, 1.165) is 13.0 Å². The molecule has 1 amide bonds. The number of rotatable bonds is 6. The van der Waals surface area contributed by atoms with Crippen LogP contribution in [0.15, 0.2) is 6.20 Å². The molecule has 19 heavy (non-hydrogen) atoms. The lowest BCUT2D eigenvalue weighted by Gasteiger charge is -2.23. The van der Waals surface area contributed by atoms with E-state index in [1.807, 2.05) is 13.8 Å². The van der Waals surface area contributed by atoms with Gasteiger partial charge in [-0.15, -0.1) is 17.5 Å². The Morgan fingerprint density at radius 2 is 2.16 bits per heavy atom. The maximum Gasteiger partial charge on any atom is 0.273 e. The molecule has 0 saturated carbocycles. The van der Waals surface area contributed by atoms with Crippen LogP contribution in [0.3, 0.4) is 0 Å². The number of nitrogens with two attached hydrogens (primary N) is 1. The van der Waals surface area contributed by atoms with Gasteiger partial charge in [-0.3, -0.25) is 9.48 Å². The molecule has 0 unspecified atom stereocenters. The number of aromatic nitrogens is 3. The molecular weight excluding hydrogens is 266 g/mol.